The standard InChI is InChI=1S/C40H26/c1-2-13-28(14-3-1)39-35-16-6-8-18-37(35)40(38-19-9-7-17-36(38)39)34-23-11-21-32-31(20-10-22-33(32)34)30-25-24-27-12-4-5-15-29(27)26-30/h1-26H/i2D,13D. The molecule has 0 aliphatic rings. The van der Waals surface area contributed by atoms with Gasteiger partial charge < -0.3 is 0 Å². The van der Waals surface area contributed by atoms with Gasteiger partial charge in [-0.15, -0.1) is 0 Å². The summed E-state index contributed by atoms with van der Waals surface area (Å²) < 4.78 is 17.1. The first kappa shape index (κ1) is 20.7. The average molecular weight is 509 g/mol. The molecule has 0 aliphatic carbocycles. The van der Waals surface area contributed by atoms with Gasteiger partial charge >= 0.3 is 0 Å². The normalized spacial score (nSPS) is 12.2. The van der Waals surface area contributed by atoms with E-state index in [4.69, 9.17) is 2.74 Å². The van der Waals surface area contributed by atoms with Crippen molar-refractivity contribution in [3.8, 4) is 33.4 Å². The van der Waals surface area contributed by atoms with Crippen LogP contribution in [0.25, 0.3) is 76.5 Å². The van der Waals surface area contributed by atoms with Crippen LogP contribution in [0.2, 0.25) is 0 Å². The predicted molar refractivity (Wildman–Crippen MR) is 173 cm³/mol. The molecule has 0 heterocycles. The molecule has 40 heavy (non-hydrogen) atoms. The zero-order chi connectivity index (χ0) is 28.2. The van der Waals surface area contributed by atoms with Crippen LogP contribution in [0.4, 0.5) is 0 Å². The largest absolute Gasteiger partial charge is 0.0629 e. The summed E-state index contributed by atoms with van der Waals surface area (Å²) in [5, 5.41) is 9.38. The van der Waals surface area contributed by atoms with Gasteiger partial charge in [0.25, 0.3) is 0 Å². The summed E-state index contributed by atoms with van der Waals surface area (Å²) >= 11 is 0. The second-order valence-electron chi connectivity index (χ2n) is 10.3. The van der Waals surface area contributed by atoms with E-state index in [0.717, 1.165) is 32.7 Å². The second-order valence-corrected chi connectivity index (χ2v) is 10.3. The molecule has 0 spiro atoms. The van der Waals surface area contributed by atoms with Crippen molar-refractivity contribution in [2.75, 3.05) is 0 Å². The van der Waals surface area contributed by atoms with E-state index in [1.807, 2.05) is 12.1 Å². The zero-order valence-corrected chi connectivity index (χ0v) is 21.9. The molecule has 0 aliphatic heterocycles. The molecule has 186 valence electrons. The minimum atomic E-state index is 0.236. The molecule has 0 N–H and O–H groups in total. The Balaban J connectivity index is 1.46. The molecule has 0 atom stereocenters. The van der Waals surface area contributed by atoms with Gasteiger partial charge in [-0.1, -0.05) is 152 Å². The molecule has 0 bridgehead atoms. The van der Waals surface area contributed by atoms with Crippen LogP contribution >= 0.6 is 0 Å². The number of hydrogen-bond acceptors (Lipinski definition) is 0. The second kappa shape index (κ2) is 9.22. The fourth-order valence-corrected chi connectivity index (χ4v) is 6.34. The highest BCUT2D eigenvalue weighted by atomic mass is 14.2. The molecule has 0 nitrogen and oxygen atoms in total. The lowest BCUT2D eigenvalue weighted by Gasteiger charge is -2.19. The summed E-state index contributed by atoms with van der Waals surface area (Å²) in [5.41, 5.74) is 6.62. The van der Waals surface area contributed by atoms with Crippen LogP contribution in [0.3, 0.4) is 0 Å². The molecule has 8 rings (SSSR count). The van der Waals surface area contributed by atoms with Crippen LogP contribution in [-0.2, 0) is 0 Å². The molecule has 8 aromatic rings. The van der Waals surface area contributed by atoms with E-state index >= 15 is 0 Å². The van der Waals surface area contributed by atoms with Crippen molar-refractivity contribution in [1.29, 1.82) is 0 Å². The van der Waals surface area contributed by atoms with Crippen LogP contribution in [0, 0.1) is 0 Å². The molecule has 8 aromatic carbocycles. The van der Waals surface area contributed by atoms with Crippen LogP contribution < -0.4 is 0 Å². The first-order valence-electron chi connectivity index (χ1n) is 14.7. The lowest BCUT2D eigenvalue weighted by molar-refractivity contribution is 1.65. The first-order valence-corrected chi connectivity index (χ1v) is 13.7. The van der Waals surface area contributed by atoms with Crippen molar-refractivity contribution >= 4 is 43.1 Å². The monoisotopic (exact) mass is 508 g/mol. The zero-order valence-electron chi connectivity index (χ0n) is 23.9. The molecule has 0 fully saturated rings. The Bertz CT molecular complexity index is 2270. The third-order valence-electron chi connectivity index (χ3n) is 8.10. The van der Waals surface area contributed by atoms with Crippen LogP contribution in [0.5, 0.6) is 0 Å². The maximum absolute atomic E-state index is 8.78. The molecule has 0 heteroatoms. The SMILES string of the molecule is [2H]c1cccc(-c2c3ccccc3c(-c3cccc4c(-c5ccc6ccccc6c5)cccc34)c3ccccc23)c1[2H]. The quantitative estimate of drug-likeness (QED) is 0.208. The van der Waals surface area contributed by atoms with E-state index in [1.54, 1.807) is 6.07 Å². The maximum atomic E-state index is 8.78. The van der Waals surface area contributed by atoms with Crippen molar-refractivity contribution in [3.63, 3.8) is 0 Å². The van der Waals surface area contributed by atoms with Gasteiger partial charge in [0, 0.05) is 0 Å². The van der Waals surface area contributed by atoms with Crippen molar-refractivity contribution in [2.45, 2.75) is 0 Å². The van der Waals surface area contributed by atoms with E-state index < -0.39 is 0 Å². The third-order valence-corrected chi connectivity index (χ3v) is 8.10. The van der Waals surface area contributed by atoms with Gasteiger partial charge in [-0.05, 0) is 82.5 Å². The third kappa shape index (κ3) is 3.54. The Labute approximate surface area is 236 Å². The van der Waals surface area contributed by atoms with E-state index in [0.29, 0.717) is 0 Å². The minimum Gasteiger partial charge on any atom is -0.0622 e. The highest BCUT2D eigenvalue weighted by Crippen LogP contribution is 2.46. The smallest absolute Gasteiger partial charge is 0.0622 e. The van der Waals surface area contributed by atoms with Crippen molar-refractivity contribution in [2.24, 2.45) is 0 Å². The van der Waals surface area contributed by atoms with Gasteiger partial charge in [0.2, 0.25) is 0 Å². The fraction of sp³-hybridized carbons (Fsp3) is 0. The van der Waals surface area contributed by atoms with E-state index in [-0.39, 0.29) is 12.1 Å². The number of hydrogen-bond donors (Lipinski definition) is 0. The van der Waals surface area contributed by atoms with E-state index in [9.17, 15) is 0 Å². The summed E-state index contributed by atoms with van der Waals surface area (Å²) in [6.07, 6.45) is 0. The van der Waals surface area contributed by atoms with Crippen LogP contribution in [0.15, 0.2) is 158 Å². The summed E-state index contributed by atoms with van der Waals surface area (Å²) in [6.45, 7) is 0. The molecule has 0 unspecified atom stereocenters. The highest BCUT2D eigenvalue weighted by molar-refractivity contribution is 6.24. The number of benzene rings is 8. The Kier molecular flexibility index (Phi) is 4.78. The van der Waals surface area contributed by atoms with Gasteiger partial charge in [0.15, 0.2) is 0 Å². The number of rotatable bonds is 3. The summed E-state index contributed by atoms with van der Waals surface area (Å²) in [5.74, 6) is 0. The molecule has 0 radical (unpaired) electrons. The first-order chi connectivity index (χ1) is 20.7. The topological polar surface area (TPSA) is 0 Å². The Morgan fingerprint density at radius 1 is 0.350 bits per heavy atom. The van der Waals surface area contributed by atoms with Crippen LogP contribution in [-0.4, -0.2) is 0 Å². The Morgan fingerprint density at radius 2 is 0.900 bits per heavy atom. The van der Waals surface area contributed by atoms with E-state index in [2.05, 4.69) is 127 Å². The molecular formula is C40H26. The highest BCUT2D eigenvalue weighted by Gasteiger charge is 2.18. The lowest BCUT2D eigenvalue weighted by atomic mass is 9.84. The molecular weight excluding hydrogens is 480 g/mol. The minimum absolute atomic E-state index is 0.236. The Hall–Kier alpha value is -5.20. The fourth-order valence-electron chi connectivity index (χ4n) is 6.34. The molecule has 0 saturated heterocycles. The van der Waals surface area contributed by atoms with Crippen molar-refractivity contribution in [3.05, 3.63) is 158 Å². The Morgan fingerprint density at radius 3 is 1.62 bits per heavy atom. The van der Waals surface area contributed by atoms with Gasteiger partial charge in [-0.25, -0.2) is 0 Å². The summed E-state index contributed by atoms with van der Waals surface area (Å²) in [4.78, 5) is 0. The summed E-state index contributed by atoms with van der Waals surface area (Å²) in [6, 6.07) is 51.6. The van der Waals surface area contributed by atoms with E-state index in [1.165, 1.54) is 43.8 Å². The van der Waals surface area contributed by atoms with Crippen LogP contribution in [0.1, 0.15) is 2.74 Å². The predicted octanol–water partition coefficient (Wildman–Crippen LogP) is 11.3. The average Bonchev–Trinajstić information content (AvgIpc) is 3.04. The van der Waals surface area contributed by atoms with Gasteiger partial charge in [-0.3, -0.25) is 0 Å². The van der Waals surface area contributed by atoms with Crippen molar-refractivity contribution in [1.82, 2.24) is 0 Å². The van der Waals surface area contributed by atoms with Gasteiger partial charge in [-0.2, -0.15) is 0 Å². The number of fused-ring (bicyclic) bond motifs is 4. The molecule has 0 saturated carbocycles. The molecule has 0 amide bonds. The van der Waals surface area contributed by atoms with Crippen molar-refractivity contribution < 1.29 is 2.74 Å². The van der Waals surface area contributed by atoms with Gasteiger partial charge in [0.1, 0.15) is 0 Å². The lowest BCUT2D eigenvalue weighted by Crippen LogP contribution is -1.92. The summed E-state index contributed by atoms with van der Waals surface area (Å²) in [7, 11) is 0. The maximum Gasteiger partial charge on any atom is 0.0629 e. The van der Waals surface area contributed by atoms with Gasteiger partial charge in [0.05, 0.1) is 2.74 Å². The molecule has 0 aromatic heterocycles.